The molecule has 0 spiro atoms. The lowest BCUT2D eigenvalue weighted by molar-refractivity contribution is -0.0503. The van der Waals surface area contributed by atoms with Crippen LogP contribution in [0.3, 0.4) is 0 Å². The molecule has 2 aromatic rings. The standard InChI is InChI=1S/C20H21F2NO2/c1-14(16-11-12-16)23(13-15-7-3-2-4-8-15)19(24)17-9-5-6-10-18(17)25-20(21)22/h2-10,14,16,20H,11-13H2,1H3. The first-order valence-electron chi connectivity index (χ1n) is 8.45. The zero-order valence-electron chi connectivity index (χ0n) is 14.1. The minimum Gasteiger partial charge on any atom is -0.434 e. The van der Waals surface area contributed by atoms with Gasteiger partial charge in [-0.05, 0) is 43.4 Å². The first-order valence-corrected chi connectivity index (χ1v) is 8.45. The fourth-order valence-corrected chi connectivity index (χ4v) is 3.01. The van der Waals surface area contributed by atoms with E-state index < -0.39 is 6.61 Å². The Morgan fingerprint density at radius 3 is 2.40 bits per heavy atom. The van der Waals surface area contributed by atoms with Crippen molar-refractivity contribution < 1.29 is 18.3 Å². The summed E-state index contributed by atoms with van der Waals surface area (Å²) < 4.78 is 29.9. The smallest absolute Gasteiger partial charge is 0.387 e. The van der Waals surface area contributed by atoms with E-state index in [-0.39, 0.29) is 23.3 Å². The Morgan fingerprint density at radius 1 is 1.12 bits per heavy atom. The van der Waals surface area contributed by atoms with Crippen molar-refractivity contribution >= 4 is 5.91 Å². The van der Waals surface area contributed by atoms with Crippen LogP contribution in [-0.4, -0.2) is 23.5 Å². The van der Waals surface area contributed by atoms with Crippen LogP contribution in [0, 0.1) is 5.92 Å². The summed E-state index contributed by atoms with van der Waals surface area (Å²) in [5.41, 5.74) is 1.18. The average molecular weight is 345 g/mol. The van der Waals surface area contributed by atoms with Gasteiger partial charge >= 0.3 is 6.61 Å². The molecular weight excluding hydrogens is 324 g/mol. The number of nitrogens with zero attached hydrogens (tertiary/aromatic N) is 1. The van der Waals surface area contributed by atoms with Crippen molar-refractivity contribution in [2.45, 2.75) is 39.0 Å². The number of hydrogen-bond acceptors (Lipinski definition) is 2. The van der Waals surface area contributed by atoms with Crippen LogP contribution in [0.1, 0.15) is 35.7 Å². The molecule has 0 radical (unpaired) electrons. The number of carbonyl (C=O) groups is 1. The minimum atomic E-state index is -2.96. The van der Waals surface area contributed by atoms with Crippen LogP contribution < -0.4 is 4.74 Å². The van der Waals surface area contributed by atoms with E-state index in [9.17, 15) is 13.6 Å². The second kappa shape index (κ2) is 7.64. The summed E-state index contributed by atoms with van der Waals surface area (Å²) in [5.74, 6) is 0.110. The molecule has 0 heterocycles. The Kier molecular flexibility index (Phi) is 5.31. The molecule has 25 heavy (non-hydrogen) atoms. The normalized spacial score (nSPS) is 15.0. The summed E-state index contributed by atoms with van der Waals surface area (Å²) in [6.45, 7) is -0.493. The maximum Gasteiger partial charge on any atom is 0.387 e. The van der Waals surface area contributed by atoms with E-state index in [1.54, 1.807) is 17.0 Å². The zero-order chi connectivity index (χ0) is 17.8. The Balaban J connectivity index is 1.89. The van der Waals surface area contributed by atoms with Gasteiger partial charge in [-0.1, -0.05) is 42.5 Å². The Bertz CT molecular complexity index is 717. The van der Waals surface area contributed by atoms with Crippen molar-refractivity contribution in [3.63, 3.8) is 0 Å². The highest BCUT2D eigenvalue weighted by atomic mass is 19.3. The quantitative estimate of drug-likeness (QED) is 0.726. The van der Waals surface area contributed by atoms with E-state index >= 15 is 0 Å². The Morgan fingerprint density at radius 2 is 1.76 bits per heavy atom. The molecular formula is C20H21F2NO2. The van der Waals surface area contributed by atoms with E-state index in [1.165, 1.54) is 12.1 Å². The van der Waals surface area contributed by atoms with E-state index in [4.69, 9.17) is 0 Å². The van der Waals surface area contributed by atoms with Gasteiger partial charge in [0.1, 0.15) is 5.75 Å². The molecule has 1 atom stereocenters. The maximum atomic E-state index is 13.1. The SMILES string of the molecule is CC(C1CC1)N(Cc1ccccc1)C(=O)c1ccccc1OC(F)F. The fourth-order valence-electron chi connectivity index (χ4n) is 3.01. The Hall–Kier alpha value is -2.43. The van der Waals surface area contributed by atoms with Gasteiger partial charge in [0.25, 0.3) is 5.91 Å². The summed E-state index contributed by atoms with van der Waals surface area (Å²) >= 11 is 0. The van der Waals surface area contributed by atoms with Crippen molar-refractivity contribution in [1.82, 2.24) is 4.90 Å². The highest BCUT2D eigenvalue weighted by Gasteiger charge is 2.35. The second-order valence-electron chi connectivity index (χ2n) is 6.37. The molecule has 1 aliphatic rings. The van der Waals surface area contributed by atoms with Crippen molar-refractivity contribution in [3.8, 4) is 5.75 Å². The third-order valence-corrected chi connectivity index (χ3v) is 4.59. The summed E-state index contributed by atoms with van der Waals surface area (Å²) in [5, 5.41) is 0. The van der Waals surface area contributed by atoms with Gasteiger partial charge in [-0.15, -0.1) is 0 Å². The van der Waals surface area contributed by atoms with Crippen LogP contribution in [0.2, 0.25) is 0 Å². The number of benzene rings is 2. The van der Waals surface area contributed by atoms with Gasteiger partial charge in [-0.25, -0.2) is 0 Å². The van der Waals surface area contributed by atoms with Crippen LogP contribution in [-0.2, 0) is 6.54 Å². The topological polar surface area (TPSA) is 29.5 Å². The summed E-state index contributed by atoms with van der Waals surface area (Å²) in [6.07, 6.45) is 2.18. The largest absolute Gasteiger partial charge is 0.434 e. The van der Waals surface area contributed by atoms with Gasteiger partial charge < -0.3 is 9.64 Å². The van der Waals surface area contributed by atoms with Gasteiger partial charge in [0.15, 0.2) is 0 Å². The molecule has 2 aromatic carbocycles. The first-order chi connectivity index (χ1) is 12.1. The van der Waals surface area contributed by atoms with Crippen molar-refractivity contribution in [2.24, 2.45) is 5.92 Å². The van der Waals surface area contributed by atoms with Gasteiger partial charge in [0.05, 0.1) is 5.56 Å². The van der Waals surface area contributed by atoms with Crippen LogP contribution in [0.25, 0.3) is 0 Å². The number of alkyl halides is 2. The number of para-hydroxylation sites is 1. The van der Waals surface area contributed by atoms with E-state index in [0.29, 0.717) is 12.5 Å². The van der Waals surface area contributed by atoms with Gasteiger partial charge in [-0.2, -0.15) is 8.78 Å². The molecule has 5 heteroatoms. The lowest BCUT2D eigenvalue weighted by Gasteiger charge is -2.30. The number of carbonyl (C=O) groups excluding carboxylic acids is 1. The lowest BCUT2D eigenvalue weighted by atomic mass is 10.1. The van der Waals surface area contributed by atoms with Gasteiger partial charge in [0, 0.05) is 12.6 Å². The van der Waals surface area contributed by atoms with Crippen molar-refractivity contribution in [3.05, 3.63) is 65.7 Å². The molecule has 1 saturated carbocycles. The van der Waals surface area contributed by atoms with Crippen molar-refractivity contribution in [1.29, 1.82) is 0 Å². The minimum absolute atomic E-state index is 0.0484. The fraction of sp³-hybridized carbons (Fsp3) is 0.350. The highest BCUT2D eigenvalue weighted by molar-refractivity contribution is 5.97. The molecule has 1 unspecified atom stereocenters. The third-order valence-electron chi connectivity index (χ3n) is 4.59. The number of amides is 1. The molecule has 1 aliphatic carbocycles. The predicted octanol–water partition coefficient (Wildman–Crippen LogP) is 4.73. The van der Waals surface area contributed by atoms with E-state index in [2.05, 4.69) is 4.74 Å². The third kappa shape index (κ3) is 4.35. The number of halogens is 2. The molecule has 0 bridgehead atoms. The zero-order valence-corrected chi connectivity index (χ0v) is 14.1. The predicted molar refractivity (Wildman–Crippen MR) is 91.6 cm³/mol. The number of hydrogen-bond donors (Lipinski definition) is 0. The first kappa shape index (κ1) is 17.4. The van der Waals surface area contributed by atoms with Crippen LogP contribution in [0.5, 0.6) is 5.75 Å². The molecule has 1 fully saturated rings. The van der Waals surface area contributed by atoms with Gasteiger partial charge in [-0.3, -0.25) is 4.79 Å². The molecule has 0 N–H and O–H groups in total. The lowest BCUT2D eigenvalue weighted by Crippen LogP contribution is -2.39. The summed E-state index contributed by atoms with van der Waals surface area (Å²) in [7, 11) is 0. The van der Waals surface area contributed by atoms with E-state index in [1.807, 2.05) is 37.3 Å². The van der Waals surface area contributed by atoms with Crippen LogP contribution in [0.4, 0.5) is 8.78 Å². The maximum absolute atomic E-state index is 13.1. The Labute approximate surface area is 146 Å². The molecule has 0 aliphatic heterocycles. The molecule has 3 rings (SSSR count). The summed E-state index contributed by atoms with van der Waals surface area (Å²) in [6, 6.07) is 15.9. The molecule has 0 saturated heterocycles. The molecule has 3 nitrogen and oxygen atoms in total. The van der Waals surface area contributed by atoms with Crippen LogP contribution in [0.15, 0.2) is 54.6 Å². The molecule has 1 amide bonds. The average Bonchev–Trinajstić information content (AvgIpc) is 3.44. The monoisotopic (exact) mass is 345 g/mol. The summed E-state index contributed by atoms with van der Waals surface area (Å²) in [4.78, 5) is 14.9. The van der Waals surface area contributed by atoms with Gasteiger partial charge in [0.2, 0.25) is 0 Å². The van der Waals surface area contributed by atoms with E-state index in [0.717, 1.165) is 18.4 Å². The number of rotatable bonds is 7. The van der Waals surface area contributed by atoms with Crippen molar-refractivity contribution in [2.75, 3.05) is 0 Å². The highest BCUT2D eigenvalue weighted by Crippen LogP contribution is 2.37. The number of ether oxygens (including phenoxy) is 1. The molecule has 132 valence electrons. The van der Waals surface area contributed by atoms with Crippen LogP contribution >= 0.6 is 0 Å². The molecule has 0 aromatic heterocycles. The second-order valence-corrected chi connectivity index (χ2v) is 6.37.